The Balaban J connectivity index is 2.17. The second-order valence-corrected chi connectivity index (χ2v) is 10.4. The number of thioether (sulfide) groups is 1. The highest BCUT2D eigenvalue weighted by Crippen LogP contribution is 2.29. The first-order valence-corrected chi connectivity index (χ1v) is 12.2. The van der Waals surface area contributed by atoms with Crippen LogP contribution in [0.2, 0.25) is 0 Å². The van der Waals surface area contributed by atoms with Crippen molar-refractivity contribution in [3.8, 4) is 0 Å². The standard InChI is InChI=1S/C20H28N4O5S2/c1-20(2,25)14-22-11-10-15(13-30-16-6-4-3-5-7-16)23-18-9-8-17(31(21,28)29)12-19(18)24(26)27/h3-9,12,15,22-23,25H,10-11,13-14H2,1-2H3,(H2,21,28,29)/t15-/m1/s1. The number of nitro groups is 1. The van der Waals surface area contributed by atoms with Crippen molar-refractivity contribution in [1.82, 2.24) is 5.32 Å². The number of rotatable bonds is 12. The van der Waals surface area contributed by atoms with Gasteiger partial charge >= 0.3 is 0 Å². The molecule has 11 heteroatoms. The van der Waals surface area contributed by atoms with E-state index in [-0.39, 0.29) is 22.3 Å². The fourth-order valence-corrected chi connectivity index (χ4v) is 4.29. The third kappa shape index (κ3) is 8.83. The second kappa shape index (κ2) is 10.9. The normalized spacial score (nSPS) is 13.0. The van der Waals surface area contributed by atoms with E-state index < -0.39 is 20.5 Å². The van der Waals surface area contributed by atoms with Crippen LogP contribution in [0.3, 0.4) is 0 Å². The highest BCUT2D eigenvalue weighted by molar-refractivity contribution is 7.99. The molecule has 0 radical (unpaired) electrons. The Morgan fingerprint density at radius 3 is 2.48 bits per heavy atom. The monoisotopic (exact) mass is 468 g/mol. The van der Waals surface area contributed by atoms with Crippen LogP contribution in [0.15, 0.2) is 58.3 Å². The third-order valence-corrected chi connectivity index (χ3v) is 6.36. The maximum Gasteiger partial charge on any atom is 0.293 e. The number of hydrogen-bond donors (Lipinski definition) is 4. The number of nitrogens with two attached hydrogens (primary N) is 1. The summed E-state index contributed by atoms with van der Waals surface area (Å²) in [4.78, 5) is 11.6. The first kappa shape index (κ1) is 25.1. The number of anilines is 1. The van der Waals surface area contributed by atoms with E-state index in [0.717, 1.165) is 11.0 Å². The van der Waals surface area contributed by atoms with E-state index in [0.29, 0.717) is 25.3 Å². The van der Waals surface area contributed by atoms with Gasteiger partial charge in [-0.25, -0.2) is 13.6 Å². The summed E-state index contributed by atoms with van der Waals surface area (Å²) in [6.07, 6.45) is 0.629. The molecule has 0 aliphatic rings. The van der Waals surface area contributed by atoms with E-state index in [1.54, 1.807) is 25.6 Å². The van der Waals surface area contributed by atoms with Crippen molar-refractivity contribution in [2.75, 3.05) is 24.2 Å². The number of nitrogens with zero attached hydrogens (tertiary/aromatic N) is 1. The Morgan fingerprint density at radius 1 is 1.23 bits per heavy atom. The van der Waals surface area contributed by atoms with Gasteiger partial charge in [0, 0.05) is 29.3 Å². The number of primary sulfonamides is 1. The highest BCUT2D eigenvalue weighted by atomic mass is 32.2. The molecule has 2 aromatic rings. The molecule has 5 N–H and O–H groups in total. The van der Waals surface area contributed by atoms with E-state index in [2.05, 4.69) is 10.6 Å². The molecule has 0 aromatic heterocycles. The van der Waals surface area contributed by atoms with Crippen LogP contribution in [0, 0.1) is 10.1 Å². The van der Waals surface area contributed by atoms with Crippen LogP contribution in [0.4, 0.5) is 11.4 Å². The molecule has 0 saturated heterocycles. The van der Waals surface area contributed by atoms with Crippen molar-refractivity contribution >= 4 is 33.2 Å². The predicted octanol–water partition coefficient (Wildman–Crippen LogP) is 2.57. The summed E-state index contributed by atoms with van der Waals surface area (Å²) in [6.45, 7) is 4.41. The van der Waals surface area contributed by atoms with Crippen molar-refractivity contribution in [2.24, 2.45) is 5.14 Å². The molecule has 0 aliphatic carbocycles. The Labute approximate surface area is 186 Å². The van der Waals surface area contributed by atoms with Gasteiger partial charge in [0.2, 0.25) is 10.0 Å². The van der Waals surface area contributed by atoms with E-state index >= 15 is 0 Å². The summed E-state index contributed by atoms with van der Waals surface area (Å²) in [5, 5.41) is 32.8. The Morgan fingerprint density at radius 2 is 1.90 bits per heavy atom. The number of nitro benzene ring substituents is 1. The zero-order valence-electron chi connectivity index (χ0n) is 17.4. The van der Waals surface area contributed by atoms with Gasteiger partial charge in [0.05, 0.1) is 15.4 Å². The summed E-state index contributed by atoms with van der Waals surface area (Å²) in [5.41, 5.74) is -0.978. The summed E-state index contributed by atoms with van der Waals surface area (Å²) < 4.78 is 23.1. The first-order chi connectivity index (χ1) is 14.5. The Bertz CT molecular complexity index is 979. The highest BCUT2D eigenvalue weighted by Gasteiger charge is 2.21. The molecule has 0 heterocycles. The van der Waals surface area contributed by atoms with E-state index in [4.69, 9.17) is 5.14 Å². The first-order valence-electron chi connectivity index (χ1n) is 9.64. The average molecular weight is 469 g/mol. The van der Waals surface area contributed by atoms with E-state index in [1.165, 1.54) is 12.1 Å². The largest absolute Gasteiger partial charge is 0.389 e. The van der Waals surface area contributed by atoms with Crippen molar-refractivity contribution in [1.29, 1.82) is 0 Å². The van der Waals surface area contributed by atoms with E-state index in [1.807, 2.05) is 30.3 Å². The lowest BCUT2D eigenvalue weighted by Gasteiger charge is -2.22. The van der Waals surface area contributed by atoms with Crippen LogP contribution in [-0.4, -0.2) is 48.9 Å². The van der Waals surface area contributed by atoms with Gasteiger partial charge in [-0.15, -0.1) is 11.8 Å². The molecule has 31 heavy (non-hydrogen) atoms. The number of benzene rings is 2. The maximum atomic E-state index is 11.6. The van der Waals surface area contributed by atoms with Gasteiger partial charge in [0.15, 0.2) is 0 Å². The zero-order valence-corrected chi connectivity index (χ0v) is 19.1. The minimum atomic E-state index is -4.05. The van der Waals surface area contributed by atoms with Crippen LogP contribution >= 0.6 is 11.8 Å². The fourth-order valence-electron chi connectivity index (χ4n) is 2.76. The lowest BCUT2D eigenvalue weighted by atomic mass is 10.1. The summed E-state index contributed by atoms with van der Waals surface area (Å²) in [5.74, 6) is 0.627. The van der Waals surface area contributed by atoms with Gasteiger partial charge in [0.25, 0.3) is 5.69 Å². The van der Waals surface area contributed by atoms with Gasteiger partial charge in [-0.05, 0) is 51.1 Å². The molecule has 0 amide bonds. The maximum absolute atomic E-state index is 11.6. The van der Waals surface area contributed by atoms with Gasteiger partial charge in [-0.2, -0.15) is 0 Å². The molecule has 0 bridgehead atoms. The van der Waals surface area contributed by atoms with Crippen molar-refractivity contribution in [3.63, 3.8) is 0 Å². The third-order valence-electron chi connectivity index (χ3n) is 4.28. The summed E-state index contributed by atoms with van der Waals surface area (Å²) >= 11 is 1.61. The number of hydrogen-bond acceptors (Lipinski definition) is 8. The molecule has 170 valence electrons. The smallest absolute Gasteiger partial charge is 0.293 e. The minimum Gasteiger partial charge on any atom is -0.389 e. The minimum absolute atomic E-state index is 0.154. The van der Waals surface area contributed by atoms with Crippen LogP contribution < -0.4 is 15.8 Å². The van der Waals surface area contributed by atoms with Crippen LogP contribution in [0.5, 0.6) is 0 Å². The number of sulfonamides is 1. The van der Waals surface area contributed by atoms with Gasteiger partial charge in [-0.3, -0.25) is 10.1 Å². The Hall–Kier alpha value is -2.18. The lowest BCUT2D eigenvalue weighted by molar-refractivity contribution is -0.384. The predicted molar refractivity (Wildman–Crippen MR) is 123 cm³/mol. The molecular weight excluding hydrogens is 440 g/mol. The SMILES string of the molecule is CC(C)(O)CNCC[C@H](CSc1ccccc1)Nc1ccc(S(N)(=O)=O)cc1[N+](=O)[O-]. The number of nitrogens with one attached hydrogen (secondary N) is 2. The topological polar surface area (TPSA) is 148 Å². The van der Waals surface area contributed by atoms with Crippen molar-refractivity contribution in [2.45, 2.75) is 41.7 Å². The molecule has 0 aliphatic heterocycles. The molecule has 0 saturated carbocycles. The molecule has 0 fully saturated rings. The molecular formula is C20H28N4O5S2. The average Bonchev–Trinajstić information content (AvgIpc) is 2.68. The number of aliphatic hydroxyl groups is 1. The molecule has 2 aromatic carbocycles. The second-order valence-electron chi connectivity index (χ2n) is 7.72. The lowest BCUT2D eigenvalue weighted by Crippen LogP contribution is -2.37. The van der Waals surface area contributed by atoms with E-state index in [9.17, 15) is 23.6 Å². The molecule has 9 nitrogen and oxygen atoms in total. The van der Waals surface area contributed by atoms with Gasteiger partial charge in [-0.1, -0.05) is 18.2 Å². The van der Waals surface area contributed by atoms with Crippen LogP contribution in [0.1, 0.15) is 20.3 Å². The van der Waals surface area contributed by atoms with Crippen LogP contribution in [-0.2, 0) is 10.0 Å². The van der Waals surface area contributed by atoms with Gasteiger partial charge in [0.1, 0.15) is 5.69 Å². The van der Waals surface area contributed by atoms with Crippen LogP contribution in [0.25, 0.3) is 0 Å². The molecule has 1 atom stereocenters. The molecule has 2 rings (SSSR count). The van der Waals surface area contributed by atoms with Gasteiger partial charge < -0.3 is 15.7 Å². The summed E-state index contributed by atoms with van der Waals surface area (Å²) in [6, 6.07) is 13.2. The summed E-state index contributed by atoms with van der Waals surface area (Å²) in [7, 11) is -4.05. The fraction of sp³-hybridized carbons (Fsp3) is 0.400. The Kier molecular flexibility index (Phi) is 8.83. The molecule has 0 unspecified atom stereocenters. The molecule has 0 spiro atoms. The van der Waals surface area contributed by atoms with Crippen molar-refractivity contribution < 1.29 is 18.4 Å². The quantitative estimate of drug-likeness (QED) is 0.161. The zero-order chi connectivity index (χ0) is 23.1. The van der Waals surface area contributed by atoms with Crippen molar-refractivity contribution in [3.05, 3.63) is 58.6 Å².